The molecule has 5 heteroatoms. The number of nitrogens with one attached hydrogen (secondary N) is 1. The van der Waals surface area contributed by atoms with Gasteiger partial charge in [-0.2, -0.15) is 5.10 Å². The van der Waals surface area contributed by atoms with Crippen molar-refractivity contribution in [2.75, 3.05) is 20.2 Å². The Morgan fingerprint density at radius 1 is 1.11 bits per heavy atom. The van der Waals surface area contributed by atoms with Crippen molar-refractivity contribution in [2.24, 2.45) is 0 Å². The van der Waals surface area contributed by atoms with Crippen LogP contribution >= 0.6 is 0 Å². The van der Waals surface area contributed by atoms with Crippen molar-refractivity contribution >= 4 is 0 Å². The van der Waals surface area contributed by atoms with E-state index in [0.717, 1.165) is 60.8 Å². The van der Waals surface area contributed by atoms with E-state index in [1.165, 1.54) is 11.3 Å². The van der Waals surface area contributed by atoms with Gasteiger partial charge in [0.1, 0.15) is 12.3 Å². The standard InChI is InChI=1S/C23H27N3O2/c1-3-13-26-14-12-20-19(15-26)22(25-24-20)18-10-7-11-21(27-2)23(18)28-16-17-8-5-4-6-9-17/h4-11H,3,12-16H2,1-2H3,(H,24,25). The number of benzene rings is 2. The maximum Gasteiger partial charge on any atom is 0.171 e. The summed E-state index contributed by atoms with van der Waals surface area (Å²) in [7, 11) is 1.68. The number of methoxy groups -OCH3 is 1. The summed E-state index contributed by atoms with van der Waals surface area (Å²) in [6, 6.07) is 16.2. The van der Waals surface area contributed by atoms with Crippen LogP contribution < -0.4 is 9.47 Å². The van der Waals surface area contributed by atoms with Gasteiger partial charge in [-0.1, -0.05) is 43.3 Å². The van der Waals surface area contributed by atoms with Crippen LogP contribution in [-0.2, 0) is 19.6 Å². The van der Waals surface area contributed by atoms with Crippen molar-refractivity contribution in [1.82, 2.24) is 15.1 Å². The first kappa shape index (κ1) is 18.6. The lowest BCUT2D eigenvalue weighted by molar-refractivity contribution is 0.254. The van der Waals surface area contributed by atoms with Gasteiger partial charge in [-0.25, -0.2) is 0 Å². The summed E-state index contributed by atoms with van der Waals surface area (Å²) < 4.78 is 11.8. The van der Waals surface area contributed by atoms with Crippen molar-refractivity contribution < 1.29 is 9.47 Å². The van der Waals surface area contributed by atoms with E-state index in [1.807, 2.05) is 30.3 Å². The van der Waals surface area contributed by atoms with E-state index >= 15 is 0 Å². The molecule has 0 saturated carbocycles. The van der Waals surface area contributed by atoms with E-state index in [1.54, 1.807) is 7.11 Å². The molecule has 0 fully saturated rings. The highest BCUT2D eigenvalue weighted by atomic mass is 16.5. The number of hydrogen-bond acceptors (Lipinski definition) is 4. The first-order valence-electron chi connectivity index (χ1n) is 9.92. The van der Waals surface area contributed by atoms with Gasteiger partial charge in [-0.15, -0.1) is 0 Å². The van der Waals surface area contributed by atoms with Crippen molar-refractivity contribution in [1.29, 1.82) is 0 Å². The number of aromatic nitrogens is 2. The monoisotopic (exact) mass is 377 g/mol. The van der Waals surface area contributed by atoms with E-state index in [2.05, 4.69) is 40.2 Å². The highest BCUT2D eigenvalue weighted by Crippen LogP contribution is 2.40. The van der Waals surface area contributed by atoms with Crippen LogP contribution in [-0.4, -0.2) is 35.3 Å². The van der Waals surface area contributed by atoms with Crippen LogP contribution in [0.25, 0.3) is 11.3 Å². The van der Waals surface area contributed by atoms with Crippen molar-refractivity contribution in [3.8, 4) is 22.8 Å². The number of para-hydroxylation sites is 1. The number of rotatable bonds is 7. The molecule has 2 heterocycles. The van der Waals surface area contributed by atoms with Gasteiger partial charge >= 0.3 is 0 Å². The fourth-order valence-corrected chi connectivity index (χ4v) is 3.82. The summed E-state index contributed by atoms with van der Waals surface area (Å²) in [5.41, 5.74) is 5.58. The maximum absolute atomic E-state index is 6.24. The lowest BCUT2D eigenvalue weighted by atomic mass is 10.00. The van der Waals surface area contributed by atoms with Crippen LogP contribution in [0.1, 0.15) is 30.2 Å². The molecule has 1 aliphatic heterocycles. The third-order valence-electron chi connectivity index (χ3n) is 5.23. The molecule has 1 N–H and O–H groups in total. The Morgan fingerprint density at radius 2 is 1.96 bits per heavy atom. The van der Waals surface area contributed by atoms with Gasteiger partial charge in [0.25, 0.3) is 0 Å². The smallest absolute Gasteiger partial charge is 0.171 e. The Labute approximate surface area is 166 Å². The molecule has 0 bridgehead atoms. The summed E-state index contributed by atoms with van der Waals surface area (Å²) >= 11 is 0. The number of ether oxygens (including phenoxy) is 2. The second kappa shape index (κ2) is 8.48. The molecule has 0 aliphatic carbocycles. The number of H-pyrrole nitrogens is 1. The average molecular weight is 377 g/mol. The zero-order valence-corrected chi connectivity index (χ0v) is 16.6. The van der Waals surface area contributed by atoms with Gasteiger partial charge < -0.3 is 9.47 Å². The zero-order chi connectivity index (χ0) is 19.3. The highest BCUT2D eigenvalue weighted by Gasteiger charge is 2.25. The van der Waals surface area contributed by atoms with E-state index < -0.39 is 0 Å². The highest BCUT2D eigenvalue weighted by molar-refractivity contribution is 5.74. The minimum Gasteiger partial charge on any atom is -0.493 e. The predicted molar refractivity (Wildman–Crippen MR) is 111 cm³/mol. The molecular formula is C23H27N3O2. The number of aromatic amines is 1. The Balaban J connectivity index is 1.68. The fraction of sp³-hybridized carbons (Fsp3) is 0.348. The van der Waals surface area contributed by atoms with Gasteiger partial charge in [0, 0.05) is 36.3 Å². The largest absolute Gasteiger partial charge is 0.493 e. The topological polar surface area (TPSA) is 50.4 Å². The predicted octanol–water partition coefficient (Wildman–Crippen LogP) is 4.43. The van der Waals surface area contributed by atoms with Crippen LogP contribution in [0.4, 0.5) is 0 Å². The van der Waals surface area contributed by atoms with Crippen molar-refractivity contribution in [3.63, 3.8) is 0 Å². The molecule has 0 atom stereocenters. The molecule has 4 rings (SSSR count). The second-order valence-electron chi connectivity index (χ2n) is 7.17. The van der Waals surface area contributed by atoms with Gasteiger partial charge in [0.2, 0.25) is 0 Å². The van der Waals surface area contributed by atoms with Crippen LogP contribution in [0.2, 0.25) is 0 Å². The fourth-order valence-electron chi connectivity index (χ4n) is 3.82. The minimum atomic E-state index is 0.489. The lowest BCUT2D eigenvalue weighted by Gasteiger charge is -2.26. The molecule has 0 amide bonds. The van der Waals surface area contributed by atoms with Crippen LogP contribution in [0.3, 0.4) is 0 Å². The average Bonchev–Trinajstić information content (AvgIpc) is 3.16. The summed E-state index contributed by atoms with van der Waals surface area (Å²) in [5, 5.41) is 7.92. The first-order valence-corrected chi connectivity index (χ1v) is 9.92. The molecule has 3 aromatic rings. The van der Waals surface area contributed by atoms with Crippen LogP contribution in [0, 0.1) is 0 Å². The zero-order valence-electron chi connectivity index (χ0n) is 16.6. The Bertz CT molecular complexity index is 921. The third-order valence-corrected chi connectivity index (χ3v) is 5.23. The third kappa shape index (κ3) is 3.76. The van der Waals surface area contributed by atoms with Crippen molar-refractivity contribution in [2.45, 2.75) is 32.9 Å². The molecule has 28 heavy (non-hydrogen) atoms. The normalized spacial score (nSPS) is 13.9. The molecule has 5 nitrogen and oxygen atoms in total. The van der Waals surface area contributed by atoms with E-state index in [4.69, 9.17) is 9.47 Å². The SMILES string of the molecule is CCCN1CCc2[nH]nc(-c3cccc(OC)c3OCc3ccccc3)c2C1. The molecule has 0 radical (unpaired) electrons. The molecule has 2 aromatic carbocycles. The summed E-state index contributed by atoms with van der Waals surface area (Å²) in [6.07, 6.45) is 2.17. The minimum absolute atomic E-state index is 0.489. The van der Waals surface area contributed by atoms with Crippen molar-refractivity contribution in [3.05, 3.63) is 65.4 Å². The molecule has 0 spiro atoms. The molecule has 146 valence electrons. The second-order valence-corrected chi connectivity index (χ2v) is 7.17. The van der Waals surface area contributed by atoms with E-state index in [0.29, 0.717) is 6.61 Å². The Hall–Kier alpha value is -2.79. The molecule has 1 aromatic heterocycles. The summed E-state index contributed by atoms with van der Waals surface area (Å²) in [5.74, 6) is 1.47. The molecule has 0 saturated heterocycles. The van der Waals surface area contributed by atoms with E-state index in [-0.39, 0.29) is 0 Å². The number of fused-ring (bicyclic) bond motifs is 1. The van der Waals surface area contributed by atoms with Gasteiger partial charge in [-0.3, -0.25) is 10.00 Å². The van der Waals surface area contributed by atoms with Crippen LogP contribution in [0.5, 0.6) is 11.5 Å². The quantitative estimate of drug-likeness (QED) is 0.662. The summed E-state index contributed by atoms with van der Waals surface area (Å²) in [4.78, 5) is 2.49. The van der Waals surface area contributed by atoms with Gasteiger partial charge in [0.15, 0.2) is 11.5 Å². The molecule has 0 unspecified atom stereocenters. The van der Waals surface area contributed by atoms with Gasteiger partial charge in [-0.05, 0) is 30.7 Å². The molecular weight excluding hydrogens is 350 g/mol. The van der Waals surface area contributed by atoms with Crippen LogP contribution in [0.15, 0.2) is 48.5 Å². The summed E-state index contributed by atoms with van der Waals surface area (Å²) in [6.45, 7) is 5.83. The van der Waals surface area contributed by atoms with E-state index in [9.17, 15) is 0 Å². The Kier molecular flexibility index (Phi) is 5.63. The van der Waals surface area contributed by atoms with Gasteiger partial charge in [0.05, 0.1) is 7.11 Å². The Morgan fingerprint density at radius 3 is 2.75 bits per heavy atom. The number of hydrogen-bond donors (Lipinski definition) is 1. The number of nitrogens with zero attached hydrogens (tertiary/aromatic N) is 2. The maximum atomic E-state index is 6.24. The lowest BCUT2D eigenvalue weighted by Crippen LogP contribution is -2.31. The first-order chi connectivity index (χ1) is 13.8. The molecule has 1 aliphatic rings.